The summed E-state index contributed by atoms with van der Waals surface area (Å²) in [7, 11) is 0. The highest BCUT2D eigenvalue weighted by Gasteiger charge is 2.31. The van der Waals surface area contributed by atoms with Crippen molar-refractivity contribution in [2.45, 2.75) is 57.1 Å². The third-order valence-electron chi connectivity index (χ3n) is 3.72. The van der Waals surface area contributed by atoms with Gasteiger partial charge in [-0.2, -0.15) is 0 Å². The first kappa shape index (κ1) is 11.7. The average Bonchev–Trinajstić information content (AvgIpc) is 2.57. The van der Waals surface area contributed by atoms with Crippen LogP contribution in [0.1, 0.15) is 44.9 Å². The second kappa shape index (κ2) is 5.53. The molecular formula is C12H22N2O2. The first-order valence-corrected chi connectivity index (χ1v) is 6.48. The molecule has 1 aliphatic carbocycles. The van der Waals surface area contributed by atoms with Crippen molar-refractivity contribution in [2.75, 3.05) is 13.1 Å². The molecule has 2 aliphatic rings. The minimum Gasteiger partial charge on any atom is -0.445 e. The molecule has 0 bridgehead atoms. The van der Waals surface area contributed by atoms with E-state index in [0.717, 1.165) is 25.8 Å². The third-order valence-corrected chi connectivity index (χ3v) is 3.72. The molecule has 92 valence electrons. The SMILES string of the molecule is NCC1CCN(C2CCCCCC2)C(=O)O1. The first-order valence-electron chi connectivity index (χ1n) is 6.48. The Balaban J connectivity index is 1.91. The maximum absolute atomic E-state index is 11.8. The molecule has 1 unspecified atom stereocenters. The van der Waals surface area contributed by atoms with E-state index in [4.69, 9.17) is 10.5 Å². The maximum atomic E-state index is 11.8. The van der Waals surface area contributed by atoms with E-state index in [2.05, 4.69) is 0 Å². The van der Waals surface area contributed by atoms with Gasteiger partial charge in [0.15, 0.2) is 0 Å². The van der Waals surface area contributed by atoms with Gasteiger partial charge in [-0.25, -0.2) is 4.79 Å². The molecule has 0 spiro atoms. The number of rotatable bonds is 2. The zero-order valence-corrected chi connectivity index (χ0v) is 9.86. The molecule has 2 N–H and O–H groups in total. The molecule has 0 radical (unpaired) electrons. The van der Waals surface area contributed by atoms with Gasteiger partial charge >= 0.3 is 6.09 Å². The Morgan fingerprint density at radius 1 is 1.19 bits per heavy atom. The predicted molar refractivity (Wildman–Crippen MR) is 62.1 cm³/mol. The van der Waals surface area contributed by atoms with Crippen molar-refractivity contribution in [3.63, 3.8) is 0 Å². The van der Waals surface area contributed by atoms with E-state index >= 15 is 0 Å². The quantitative estimate of drug-likeness (QED) is 0.731. The van der Waals surface area contributed by atoms with E-state index in [1.807, 2.05) is 4.90 Å². The van der Waals surface area contributed by atoms with Crippen molar-refractivity contribution in [3.8, 4) is 0 Å². The molecule has 1 saturated heterocycles. The molecule has 1 amide bonds. The van der Waals surface area contributed by atoms with E-state index in [1.54, 1.807) is 0 Å². The Hall–Kier alpha value is -0.770. The van der Waals surface area contributed by atoms with Gasteiger partial charge in [-0.1, -0.05) is 25.7 Å². The summed E-state index contributed by atoms with van der Waals surface area (Å²) in [5.74, 6) is 0. The summed E-state index contributed by atoms with van der Waals surface area (Å²) in [6, 6.07) is 0.411. The molecule has 0 aromatic carbocycles. The third kappa shape index (κ3) is 2.67. The predicted octanol–water partition coefficient (Wildman–Crippen LogP) is 1.88. The van der Waals surface area contributed by atoms with Crippen LogP contribution in [0.5, 0.6) is 0 Å². The van der Waals surface area contributed by atoms with Gasteiger partial charge in [0.25, 0.3) is 0 Å². The van der Waals surface area contributed by atoms with Gasteiger partial charge < -0.3 is 15.4 Å². The summed E-state index contributed by atoms with van der Waals surface area (Å²) in [5.41, 5.74) is 5.52. The Bertz CT molecular complexity index is 237. The minimum atomic E-state index is -0.145. The fourth-order valence-corrected chi connectivity index (χ4v) is 2.71. The van der Waals surface area contributed by atoms with E-state index in [0.29, 0.717) is 12.6 Å². The van der Waals surface area contributed by atoms with Crippen LogP contribution in [0, 0.1) is 0 Å². The standard InChI is InChI=1S/C12H22N2O2/c13-9-11-7-8-14(12(15)16-11)10-5-3-1-2-4-6-10/h10-11H,1-9,13H2. The molecule has 16 heavy (non-hydrogen) atoms. The highest BCUT2D eigenvalue weighted by atomic mass is 16.6. The molecule has 4 heteroatoms. The number of hydrogen-bond donors (Lipinski definition) is 1. The van der Waals surface area contributed by atoms with E-state index < -0.39 is 0 Å². The highest BCUT2D eigenvalue weighted by molar-refractivity contribution is 5.69. The number of carbonyl (C=O) groups excluding carboxylic acids is 1. The van der Waals surface area contributed by atoms with Gasteiger partial charge in [0, 0.05) is 25.6 Å². The fourth-order valence-electron chi connectivity index (χ4n) is 2.71. The van der Waals surface area contributed by atoms with Crippen LogP contribution in [0.15, 0.2) is 0 Å². The van der Waals surface area contributed by atoms with E-state index in [-0.39, 0.29) is 12.2 Å². The van der Waals surface area contributed by atoms with Crippen LogP contribution < -0.4 is 5.73 Å². The van der Waals surface area contributed by atoms with Crippen molar-refractivity contribution in [3.05, 3.63) is 0 Å². The maximum Gasteiger partial charge on any atom is 0.410 e. The summed E-state index contributed by atoms with van der Waals surface area (Å²) in [6.07, 6.45) is 8.07. The van der Waals surface area contributed by atoms with Gasteiger partial charge in [-0.3, -0.25) is 0 Å². The minimum absolute atomic E-state index is 0.0606. The summed E-state index contributed by atoms with van der Waals surface area (Å²) >= 11 is 0. The molecule has 1 heterocycles. The van der Waals surface area contributed by atoms with Crippen molar-refractivity contribution in [1.29, 1.82) is 0 Å². The number of cyclic esters (lactones) is 1. The van der Waals surface area contributed by atoms with Gasteiger partial charge in [0.05, 0.1) is 0 Å². The van der Waals surface area contributed by atoms with Crippen LogP contribution in [0.2, 0.25) is 0 Å². The molecule has 4 nitrogen and oxygen atoms in total. The number of hydrogen-bond acceptors (Lipinski definition) is 3. The molecular weight excluding hydrogens is 204 g/mol. The van der Waals surface area contributed by atoms with Crippen molar-refractivity contribution in [1.82, 2.24) is 4.90 Å². The molecule has 2 fully saturated rings. The second-order valence-corrected chi connectivity index (χ2v) is 4.87. The van der Waals surface area contributed by atoms with Crippen molar-refractivity contribution in [2.24, 2.45) is 5.73 Å². The van der Waals surface area contributed by atoms with Crippen molar-refractivity contribution >= 4 is 6.09 Å². The van der Waals surface area contributed by atoms with Crippen LogP contribution in [0.25, 0.3) is 0 Å². The van der Waals surface area contributed by atoms with Gasteiger partial charge in [-0.05, 0) is 12.8 Å². The monoisotopic (exact) mass is 226 g/mol. The van der Waals surface area contributed by atoms with Gasteiger partial charge in [-0.15, -0.1) is 0 Å². The number of nitrogens with zero attached hydrogens (tertiary/aromatic N) is 1. The van der Waals surface area contributed by atoms with Crippen LogP contribution in [0.4, 0.5) is 4.79 Å². The van der Waals surface area contributed by atoms with Crippen LogP contribution in [0.3, 0.4) is 0 Å². The molecule has 2 rings (SSSR count). The normalized spacial score (nSPS) is 28.7. The zero-order chi connectivity index (χ0) is 11.4. The Labute approximate surface area is 97.1 Å². The molecule has 0 aromatic heterocycles. The highest BCUT2D eigenvalue weighted by Crippen LogP contribution is 2.25. The summed E-state index contributed by atoms with van der Waals surface area (Å²) in [6.45, 7) is 1.27. The number of nitrogens with two attached hydrogens (primary N) is 1. The van der Waals surface area contributed by atoms with E-state index in [1.165, 1.54) is 25.7 Å². The van der Waals surface area contributed by atoms with Gasteiger partial charge in [0.1, 0.15) is 6.10 Å². The zero-order valence-electron chi connectivity index (χ0n) is 9.86. The number of ether oxygens (including phenoxy) is 1. The van der Waals surface area contributed by atoms with Gasteiger partial charge in [0.2, 0.25) is 0 Å². The Kier molecular flexibility index (Phi) is 4.04. The summed E-state index contributed by atoms with van der Waals surface area (Å²) in [5, 5.41) is 0. The Morgan fingerprint density at radius 2 is 1.88 bits per heavy atom. The van der Waals surface area contributed by atoms with E-state index in [9.17, 15) is 4.79 Å². The average molecular weight is 226 g/mol. The number of carbonyl (C=O) groups is 1. The largest absolute Gasteiger partial charge is 0.445 e. The Morgan fingerprint density at radius 3 is 2.44 bits per heavy atom. The lowest BCUT2D eigenvalue weighted by Gasteiger charge is -2.36. The summed E-state index contributed by atoms with van der Waals surface area (Å²) in [4.78, 5) is 13.8. The number of amides is 1. The molecule has 1 atom stereocenters. The topological polar surface area (TPSA) is 55.6 Å². The van der Waals surface area contributed by atoms with Crippen LogP contribution in [-0.2, 0) is 4.74 Å². The molecule has 0 aromatic rings. The lowest BCUT2D eigenvalue weighted by molar-refractivity contribution is 0.0126. The van der Waals surface area contributed by atoms with Crippen molar-refractivity contribution < 1.29 is 9.53 Å². The second-order valence-electron chi connectivity index (χ2n) is 4.87. The first-order chi connectivity index (χ1) is 7.81. The fraction of sp³-hybridized carbons (Fsp3) is 0.917. The lowest BCUT2D eigenvalue weighted by atomic mass is 10.1. The lowest BCUT2D eigenvalue weighted by Crippen LogP contribution is -2.49. The van der Waals surface area contributed by atoms with Crippen LogP contribution in [-0.4, -0.2) is 36.2 Å². The molecule has 1 saturated carbocycles. The van der Waals surface area contributed by atoms with Crippen LogP contribution >= 0.6 is 0 Å². The summed E-state index contributed by atoms with van der Waals surface area (Å²) < 4.78 is 5.30. The smallest absolute Gasteiger partial charge is 0.410 e. The molecule has 1 aliphatic heterocycles.